The summed E-state index contributed by atoms with van der Waals surface area (Å²) in [5.74, 6) is 0.483. The fraction of sp³-hybridized carbons (Fsp3) is 0.680. The van der Waals surface area contributed by atoms with Crippen LogP contribution in [0, 0.1) is 11.8 Å². The van der Waals surface area contributed by atoms with Crippen molar-refractivity contribution in [2.75, 3.05) is 19.6 Å². The van der Waals surface area contributed by atoms with Gasteiger partial charge in [-0.1, -0.05) is 64.2 Å². The van der Waals surface area contributed by atoms with Crippen LogP contribution in [0.4, 0.5) is 0 Å². The molecule has 33 heavy (non-hydrogen) atoms. The Morgan fingerprint density at radius 1 is 1.12 bits per heavy atom. The molecule has 1 aromatic carbocycles. The van der Waals surface area contributed by atoms with Crippen molar-refractivity contribution in [2.24, 2.45) is 11.8 Å². The smallest absolute Gasteiger partial charge is 0.241 e. The Kier molecular flexibility index (Phi) is 8.93. The largest absolute Gasteiger partial charge is 0.337 e. The van der Waals surface area contributed by atoms with Crippen molar-refractivity contribution in [3.63, 3.8) is 0 Å². The molecule has 1 aliphatic carbocycles. The van der Waals surface area contributed by atoms with Crippen LogP contribution in [0.25, 0.3) is 0 Å². The number of nitrogens with one attached hydrogen (secondary N) is 1. The first-order valence-corrected chi connectivity index (χ1v) is 13.9. The van der Waals surface area contributed by atoms with E-state index in [9.17, 15) is 18.0 Å². The molecule has 0 radical (unpaired) electrons. The van der Waals surface area contributed by atoms with Gasteiger partial charge in [0.05, 0.1) is 4.90 Å². The molecule has 0 bridgehead atoms. The lowest BCUT2D eigenvalue weighted by Gasteiger charge is -2.41. The van der Waals surface area contributed by atoms with Crippen molar-refractivity contribution in [3.05, 3.63) is 30.3 Å². The maximum Gasteiger partial charge on any atom is 0.241 e. The first-order chi connectivity index (χ1) is 15.7. The minimum absolute atomic E-state index is 0.0814. The van der Waals surface area contributed by atoms with Crippen LogP contribution in [0.2, 0.25) is 0 Å². The van der Waals surface area contributed by atoms with Gasteiger partial charge >= 0.3 is 0 Å². The fourth-order valence-corrected chi connectivity index (χ4v) is 6.29. The molecule has 1 heterocycles. The minimum Gasteiger partial charge on any atom is -0.337 e. The van der Waals surface area contributed by atoms with E-state index in [4.69, 9.17) is 0 Å². The molecule has 8 heteroatoms. The van der Waals surface area contributed by atoms with Gasteiger partial charge in [0.25, 0.3) is 0 Å². The van der Waals surface area contributed by atoms with E-state index in [2.05, 4.69) is 4.72 Å². The Hall–Kier alpha value is -1.93. The predicted molar refractivity (Wildman–Crippen MR) is 129 cm³/mol. The van der Waals surface area contributed by atoms with Gasteiger partial charge in [0.1, 0.15) is 6.04 Å². The molecule has 2 fully saturated rings. The molecule has 2 aliphatic rings. The van der Waals surface area contributed by atoms with Gasteiger partial charge < -0.3 is 9.80 Å². The summed E-state index contributed by atoms with van der Waals surface area (Å²) in [6.45, 7) is 7.16. The molecule has 1 saturated carbocycles. The number of carbonyl (C=O) groups is 2. The van der Waals surface area contributed by atoms with Crippen LogP contribution >= 0.6 is 0 Å². The molecule has 0 aromatic heterocycles. The summed E-state index contributed by atoms with van der Waals surface area (Å²) in [6, 6.07) is 7.22. The molecular formula is C25H39N3O4S. The maximum atomic E-state index is 13.4. The van der Waals surface area contributed by atoms with E-state index in [1.54, 1.807) is 23.1 Å². The first-order valence-electron chi connectivity index (χ1n) is 12.4. The van der Waals surface area contributed by atoms with E-state index in [0.717, 1.165) is 6.42 Å². The molecule has 1 aliphatic heterocycles. The molecule has 2 amide bonds. The minimum atomic E-state index is -3.81. The molecule has 3 unspecified atom stereocenters. The summed E-state index contributed by atoms with van der Waals surface area (Å²) in [6.07, 6.45) is 7.24. The van der Waals surface area contributed by atoms with Crippen molar-refractivity contribution >= 4 is 21.8 Å². The van der Waals surface area contributed by atoms with Gasteiger partial charge in [-0.3, -0.25) is 9.59 Å². The van der Waals surface area contributed by atoms with Gasteiger partial charge in [-0.2, -0.15) is 4.72 Å². The third-order valence-electron chi connectivity index (χ3n) is 7.32. The van der Waals surface area contributed by atoms with Crippen molar-refractivity contribution in [3.8, 4) is 0 Å². The first kappa shape index (κ1) is 25.7. The van der Waals surface area contributed by atoms with Gasteiger partial charge in [0.2, 0.25) is 21.8 Å². The molecule has 1 N–H and O–H groups in total. The quantitative estimate of drug-likeness (QED) is 0.591. The second-order valence-electron chi connectivity index (χ2n) is 9.71. The van der Waals surface area contributed by atoms with Crippen LogP contribution in [0.15, 0.2) is 35.2 Å². The molecule has 184 valence electrons. The Bertz CT molecular complexity index is 899. The van der Waals surface area contributed by atoms with Gasteiger partial charge in [0, 0.05) is 32.1 Å². The Morgan fingerprint density at radius 3 is 2.39 bits per heavy atom. The molecule has 3 atom stereocenters. The van der Waals surface area contributed by atoms with Crippen LogP contribution in [-0.4, -0.2) is 61.7 Å². The number of hydrogen-bond donors (Lipinski definition) is 1. The zero-order chi connectivity index (χ0) is 24.0. The number of amides is 2. The number of carbonyl (C=O) groups excluding carboxylic acids is 2. The Balaban J connectivity index is 1.62. The fourth-order valence-electron chi connectivity index (χ4n) is 4.98. The highest BCUT2D eigenvalue weighted by atomic mass is 32.2. The normalized spacial score (nSPS) is 21.7. The van der Waals surface area contributed by atoms with Gasteiger partial charge in [-0.15, -0.1) is 0 Å². The SMILES string of the molecule is CCC(C)C(NS(=O)(=O)c1ccccc1)C(=O)N1CCN(C(=O)CCC2CCCC2)C(C)C1. The van der Waals surface area contributed by atoms with E-state index in [0.29, 0.717) is 38.4 Å². The summed E-state index contributed by atoms with van der Waals surface area (Å²) >= 11 is 0. The van der Waals surface area contributed by atoms with Gasteiger partial charge in [0.15, 0.2) is 0 Å². The summed E-state index contributed by atoms with van der Waals surface area (Å²) < 4.78 is 28.5. The Labute approximate surface area is 199 Å². The average Bonchev–Trinajstić information content (AvgIpc) is 3.34. The van der Waals surface area contributed by atoms with E-state index in [1.165, 1.54) is 37.8 Å². The molecular weight excluding hydrogens is 438 g/mol. The highest BCUT2D eigenvalue weighted by molar-refractivity contribution is 7.89. The lowest BCUT2D eigenvalue weighted by Crippen LogP contribution is -2.60. The topological polar surface area (TPSA) is 86.8 Å². The van der Waals surface area contributed by atoms with E-state index >= 15 is 0 Å². The highest BCUT2D eigenvalue weighted by Crippen LogP contribution is 2.29. The summed E-state index contributed by atoms with van der Waals surface area (Å²) in [5.41, 5.74) is 0. The number of piperazine rings is 1. The average molecular weight is 478 g/mol. The summed E-state index contributed by atoms with van der Waals surface area (Å²) in [4.78, 5) is 30.0. The van der Waals surface area contributed by atoms with Crippen molar-refractivity contribution in [1.29, 1.82) is 0 Å². The molecule has 1 aromatic rings. The van der Waals surface area contributed by atoms with Crippen molar-refractivity contribution in [2.45, 2.75) is 82.7 Å². The maximum absolute atomic E-state index is 13.4. The zero-order valence-corrected chi connectivity index (χ0v) is 21.0. The second kappa shape index (κ2) is 11.5. The molecule has 1 saturated heterocycles. The van der Waals surface area contributed by atoms with Crippen molar-refractivity contribution < 1.29 is 18.0 Å². The number of hydrogen-bond acceptors (Lipinski definition) is 4. The third kappa shape index (κ3) is 6.57. The van der Waals surface area contributed by atoms with Gasteiger partial charge in [-0.05, 0) is 37.3 Å². The van der Waals surface area contributed by atoms with Crippen LogP contribution in [-0.2, 0) is 19.6 Å². The standard InChI is InChI=1S/C25H39N3O4S/c1-4-19(2)24(26-33(31,32)22-12-6-5-7-13-22)25(30)27-16-17-28(20(3)18-27)23(29)15-14-21-10-8-9-11-21/h5-7,12-13,19-21,24,26H,4,8-11,14-18H2,1-3H3. The summed E-state index contributed by atoms with van der Waals surface area (Å²) in [7, 11) is -3.81. The molecule has 0 spiro atoms. The zero-order valence-electron chi connectivity index (χ0n) is 20.2. The van der Waals surface area contributed by atoms with E-state index in [1.807, 2.05) is 25.7 Å². The lowest BCUT2D eigenvalue weighted by atomic mass is 9.98. The predicted octanol–water partition coefficient (Wildman–Crippen LogP) is 3.41. The molecule has 7 nitrogen and oxygen atoms in total. The second-order valence-corrected chi connectivity index (χ2v) is 11.4. The third-order valence-corrected chi connectivity index (χ3v) is 8.77. The molecule has 3 rings (SSSR count). The highest BCUT2D eigenvalue weighted by Gasteiger charge is 2.36. The number of nitrogens with zero attached hydrogens (tertiary/aromatic N) is 2. The van der Waals surface area contributed by atoms with Crippen LogP contribution < -0.4 is 4.72 Å². The number of sulfonamides is 1. The van der Waals surface area contributed by atoms with Gasteiger partial charge in [-0.25, -0.2) is 8.42 Å². The van der Waals surface area contributed by atoms with Crippen LogP contribution in [0.3, 0.4) is 0 Å². The van der Waals surface area contributed by atoms with Crippen molar-refractivity contribution in [1.82, 2.24) is 14.5 Å². The van der Waals surface area contributed by atoms with E-state index < -0.39 is 16.1 Å². The lowest BCUT2D eigenvalue weighted by molar-refractivity contribution is -0.144. The van der Waals surface area contributed by atoms with E-state index in [-0.39, 0.29) is 28.7 Å². The van der Waals surface area contributed by atoms with Crippen LogP contribution in [0.1, 0.15) is 65.7 Å². The van der Waals surface area contributed by atoms with Crippen LogP contribution in [0.5, 0.6) is 0 Å². The number of benzene rings is 1. The number of rotatable bonds is 9. The Morgan fingerprint density at radius 2 is 1.79 bits per heavy atom. The monoisotopic (exact) mass is 477 g/mol. The summed E-state index contributed by atoms with van der Waals surface area (Å²) in [5, 5.41) is 0.